The van der Waals surface area contributed by atoms with Gasteiger partial charge in [-0.25, -0.2) is 14.0 Å². The molecule has 0 saturated heterocycles. The van der Waals surface area contributed by atoms with Gasteiger partial charge in [0.25, 0.3) is 0 Å². The SMILES string of the molecule is CC1=C(C(=O)OCC(C)C)[C@H](c2ccccc2F)NC(=O)N1. The quantitative estimate of drug-likeness (QED) is 0.840. The third kappa shape index (κ3) is 3.44. The van der Waals surface area contributed by atoms with Gasteiger partial charge in [-0.15, -0.1) is 0 Å². The molecular weight excluding hydrogens is 287 g/mol. The Morgan fingerprint density at radius 2 is 2.05 bits per heavy atom. The zero-order valence-corrected chi connectivity index (χ0v) is 12.8. The molecule has 1 aliphatic heterocycles. The number of urea groups is 1. The summed E-state index contributed by atoms with van der Waals surface area (Å²) in [6.07, 6.45) is 0. The second-order valence-electron chi connectivity index (χ2n) is 5.58. The highest BCUT2D eigenvalue weighted by Crippen LogP contribution is 2.29. The van der Waals surface area contributed by atoms with E-state index in [1.165, 1.54) is 12.1 Å². The number of hydrogen-bond acceptors (Lipinski definition) is 3. The molecule has 2 N–H and O–H groups in total. The summed E-state index contributed by atoms with van der Waals surface area (Å²) in [7, 11) is 0. The summed E-state index contributed by atoms with van der Waals surface area (Å²) in [4.78, 5) is 24.0. The fourth-order valence-corrected chi connectivity index (χ4v) is 2.23. The van der Waals surface area contributed by atoms with Crippen molar-refractivity contribution in [2.45, 2.75) is 26.8 Å². The normalized spacial score (nSPS) is 18.0. The van der Waals surface area contributed by atoms with E-state index in [0.717, 1.165) is 0 Å². The predicted molar refractivity (Wildman–Crippen MR) is 79.3 cm³/mol. The molecule has 22 heavy (non-hydrogen) atoms. The summed E-state index contributed by atoms with van der Waals surface area (Å²) in [5.41, 5.74) is 0.810. The maximum Gasteiger partial charge on any atom is 0.338 e. The molecule has 1 aliphatic rings. The summed E-state index contributed by atoms with van der Waals surface area (Å²) in [5.74, 6) is -0.869. The van der Waals surface area contributed by atoms with Crippen molar-refractivity contribution in [3.05, 3.63) is 46.9 Å². The zero-order chi connectivity index (χ0) is 16.3. The Balaban J connectivity index is 2.37. The van der Waals surface area contributed by atoms with Gasteiger partial charge in [0.1, 0.15) is 5.82 Å². The van der Waals surface area contributed by atoms with E-state index in [1.807, 2.05) is 13.8 Å². The predicted octanol–water partition coefficient (Wildman–Crippen LogP) is 2.65. The molecule has 0 aromatic heterocycles. The molecule has 0 saturated carbocycles. The minimum absolute atomic E-state index is 0.183. The molecular formula is C16H19FN2O3. The van der Waals surface area contributed by atoms with E-state index < -0.39 is 23.9 Å². The molecule has 1 heterocycles. The van der Waals surface area contributed by atoms with E-state index in [2.05, 4.69) is 10.6 Å². The van der Waals surface area contributed by atoms with E-state index in [-0.39, 0.29) is 23.7 Å². The molecule has 0 aliphatic carbocycles. The maximum atomic E-state index is 14.0. The molecule has 2 amide bonds. The summed E-state index contributed by atoms with van der Waals surface area (Å²) in [6.45, 7) is 5.69. The van der Waals surface area contributed by atoms with Gasteiger partial charge in [0.15, 0.2) is 0 Å². The number of hydrogen-bond donors (Lipinski definition) is 2. The Labute approximate surface area is 128 Å². The fourth-order valence-electron chi connectivity index (χ4n) is 2.23. The minimum atomic E-state index is -0.866. The number of rotatable bonds is 4. The highest BCUT2D eigenvalue weighted by molar-refractivity contribution is 5.95. The molecule has 2 rings (SSSR count). The summed E-state index contributed by atoms with van der Waals surface area (Å²) in [6, 6.07) is 4.68. The van der Waals surface area contributed by atoms with Crippen LogP contribution in [0.25, 0.3) is 0 Å². The Hall–Kier alpha value is -2.37. The number of halogens is 1. The van der Waals surface area contributed by atoms with Gasteiger partial charge in [-0.05, 0) is 18.9 Å². The second-order valence-corrected chi connectivity index (χ2v) is 5.58. The van der Waals surface area contributed by atoms with Crippen molar-refractivity contribution in [3.63, 3.8) is 0 Å². The molecule has 1 aromatic rings. The highest BCUT2D eigenvalue weighted by Gasteiger charge is 2.33. The topological polar surface area (TPSA) is 67.4 Å². The second kappa shape index (κ2) is 6.60. The van der Waals surface area contributed by atoms with Crippen LogP contribution in [0.2, 0.25) is 0 Å². The molecule has 5 nitrogen and oxygen atoms in total. The first kappa shape index (κ1) is 16.0. The van der Waals surface area contributed by atoms with Crippen molar-refractivity contribution >= 4 is 12.0 Å². The number of carbonyl (C=O) groups excluding carboxylic acids is 2. The third-order valence-corrected chi connectivity index (χ3v) is 3.25. The number of allylic oxidation sites excluding steroid dienone is 1. The van der Waals surface area contributed by atoms with Crippen LogP contribution in [0.15, 0.2) is 35.5 Å². The number of nitrogens with one attached hydrogen (secondary N) is 2. The zero-order valence-electron chi connectivity index (χ0n) is 12.8. The van der Waals surface area contributed by atoms with Gasteiger partial charge in [0.2, 0.25) is 0 Å². The molecule has 0 unspecified atom stereocenters. The van der Waals surface area contributed by atoms with Crippen LogP contribution in [0, 0.1) is 11.7 Å². The minimum Gasteiger partial charge on any atom is -0.462 e. The van der Waals surface area contributed by atoms with E-state index in [9.17, 15) is 14.0 Å². The van der Waals surface area contributed by atoms with Crippen molar-refractivity contribution in [3.8, 4) is 0 Å². The molecule has 118 valence electrons. The van der Waals surface area contributed by atoms with E-state index in [0.29, 0.717) is 5.70 Å². The van der Waals surface area contributed by atoms with Crippen LogP contribution in [-0.4, -0.2) is 18.6 Å². The average Bonchev–Trinajstić information content (AvgIpc) is 2.44. The smallest absolute Gasteiger partial charge is 0.338 e. The van der Waals surface area contributed by atoms with Crippen LogP contribution in [0.4, 0.5) is 9.18 Å². The number of carbonyl (C=O) groups is 2. The first-order valence-corrected chi connectivity index (χ1v) is 7.10. The van der Waals surface area contributed by atoms with Crippen molar-refractivity contribution < 1.29 is 18.7 Å². The number of amides is 2. The van der Waals surface area contributed by atoms with Crippen molar-refractivity contribution in [2.24, 2.45) is 5.92 Å². The monoisotopic (exact) mass is 306 g/mol. The summed E-state index contributed by atoms with van der Waals surface area (Å²) < 4.78 is 19.3. The van der Waals surface area contributed by atoms with Crippen LogP contribution in [0.1, 0.15) is 32.4 Å². The molecule has 0 bridgehead atoms. The van der Waals surface area contributed by atoms with Gasteiger partial charge in [-0.1, -0.05) is 32.0 Å². The molecule has 0 radical (unpaired) electrons. The Morgan fingerprint density at radius 1 is 1.36 bits per heavy atom. The van der Waals surface area contributed by atoms with Gasteiger partial charge in [-0.2, -0.15) is 0 Å². The Kier molecular flexibility index (Phi) is 4.80. The van der Waals surface area contributed by atoms with Gasteiger partial charge in [-0.3, -0.25) is 0 Å². The van der Waals surface area contributed by atoms with Gasteiger partial charge in [0, 0.05) is 11.3 Å². The average molecular weight is 306 g/mol. The Bertz CT molecular complexity index is 626. The first-order valence-electron chi connectivity index (χ1n) is 7.10. The molecule has 1 aromatic carbocycles. The molecule has 6 heteroatoms. The van der Waals surface area contributed by atoms with Crippen LogP contribution in [0.5, 0.6) is 0 Å². The van der Waals surface area contributed by atoms with E-state index in [4.69, 9.17) is 4.74 Å². The largest absolute Gasteiger partial charge is 0.462 e. The lowest BCUT2D eigenvalue weighted by molar-refractivity contribution is -0.140. The maximum absolute atomic E-state index is 14.0. The fraction of sp³-hybridized carbons (Fsp3) is 0.375. The molecule has 1 atom stereocenters. The highest BCUT2D eigenvalue weighted by atomic mass is 19.1. The van der Waals surface area contributed by atoms with Crippen LogP contribution in [-0.2, 0) is 9.53 Å². The van der Waals surface area contributed by atoms with Crippen LogP contribution < -0.4 is 10.6 Å². The molecule has 0 spiro atoms. The van der Waals surface area contributed by atoms with Gasteiger partial charge in [0.05, 0.1) is 18.2 Å². The van der Waals surface area contributed by atoms with Crippen LogP contribution in [0.3, 0.4) is 0 Å². The van der Waals surface area contributed by atoms with Gasteiger partial charge < -0.3 is 15.4 Å². The van der Waals surface area contributed by atoms with Gasteiger partial charge >= 0.3 is 12.0 Å². The number of esters is 1. The van der Waals surface area contributed by atoms with Crippen molar-refractivity contribution in [1.29, 1.82) is 0 Å². The number of benzene rings is 1. The lowest BCUT2D eigenvalue weighted by atomic mass is 9.95. The van der Waals surface area contributed by atoms with Crippen LogP contribution >= 0.6 is 0 Å². The standard InChI is InChI=1S/C16H19FN2O3/c1-9(2)8-22-15(20)13-10(3)18-16(21)19-14(13)11-6-4-5-7-12(11)17/h4-7,9,14H,8H2,1-3H3,(H2,18,19,21)/t14-/m0/s1. The summed E-state index contributed by atoms with van der Waals surface area (Å²) in [5, 5.41) is 5.10. The first-order chi connectivity index (χ1) is 10.4. The lowest BCUT2D eigenvalue weighted by Crippen LogP contribution is -2.45. The lowest BCUT2D eigenvalue weighted by Gasteiger charge is -2.28. The molecule has 0 fully saturated rings. The summed E-state index contributed by atoms with van der Waals surface area (Å²) >= 11 is 0. The van der Waals surface area contributed by atoms with E-state index >= 15 is 0 Å². The third-order valence-electron chi connectivity index (χ3n) is 3.25. The van der Waals surface area contributed by atoms with Crippen molar-refractivity contribution in [1.82, 2.24) is 10.6 Å². The Morgan fingerprint density at radius 3 is 2.68 bits per heavy atom. The van der Waals surface area contributed by atoms with E-state index in [1.54, 1.807) is 19.1 Å². The number of ether oxygens (including phenoxy) is 1. The van der Waals surface area contributed by atoms with Crippen molar-refractivity contribution in [2.75, 3.05) is 6.61 Å².